The van der Waals surface area contributed by atoms with Gasteiger partial charge in [-0.25, -0.2) is 4.79 Å². The van der Waals surface area contributed by atoms with Gasteiger partial charge in [0.15, 0.2) is 0 Å². The van der Waals surface area contributed by atoms with Crippen molar-refractivity contribution in [2.24, 2.45) is 0 Å². The zero-order valence-corrected chi connectivity index (χ0v) is 9.67. The summed E-state index contributed by atoms with van der Waals surface area (Å²) in [5, 5.41) is 0. The molecule has 3 nitrogen and oxygen atoms in total. The molecular formula is C12H20O3. The summed E-state index contributed by atoms with van der Waals surface area (Å²) in [6.07, 6.45) is 4.97. The maximum absolute atomic E-state index is 11.5. The molecule has 0 heterocycles. The van der Waals surface area contributed by atoms with Crippen LogP contribution < -0.4 is 0 Å². The largest absolute Gasteiger partial charge is 0.456 e. The lowest BCUT2D eigenvalue weighted by molar-refractivity contribution is -0.156. The number of esters is 1. The predicted octanol–water partition coefficient (Wildman–Crippen LogP) is 2.46. The van der Waals surface area contributed by atoms with Crippen LogP contribution in [-0.4, -0.2) is 25.3 Å². The smallest absolute Gasteiger partial charge is 0.333 e. The molecule has 0 aromatic heterocycles. The van der Waals surface area contributed by atoms with Gasteiger partial charge in [-0.05, 0) is 32.6 Å². The van der Waals surface area contributed by atoms with Crippen molar-refractivity contribution in [1.82, 2.24) is 0 Å². The Balaban J connectivity index is 2.56. The number of rotatable bonds is 5. The fraction of sp³-hybridized carbons (Fsp3) is 0.750. The highest BCUT2D eigenvalue weighted by Crippen LogP contribution is 2.36. The van der Waals surface area contributed by atoms with Gasteiger partial charge in [0, 0.05) is 25.7 Å². The van der Waals surface area contributed by atoms with Gasteiger partial charge in [-0.15, -0.1) is 0 Å². The quantitative estimate of drug-likeness (QED) is 0.518. The molecule has 0 radical (unpaired) electrons. The van der Waals surface area contributed by atoms with Crippen molar-refractivity contribution in [2.45, 2.75) is 44.6 Å². The maximum atomic E-state index is 11.5. The van der Waals surface area contributed by atoms with E-state index in [2.05, 4.69) is 6.58 Å². The Bertz CT molecular complexity index is 239. The van der Waals surface area contributed by atoms with Crippen LogP contribution in [0.2, 0.25) is 0 Å². The van der Waals surface area contributed by atoms with Gasteiger partial charge in [-0.3, -0.25) is 0 Å². The molecule has 0 spiro atoms. The molecule has 0 bridgehead atoms. The summed E-state index contributed by atoms with van der Waals surface area (Å²) in [7, 11) is 1.67. The molecule has 1 rings (SSSR count). The van der Waals surface area contributed by atoms with Gasteiger partial charge in [0.1, 0.15) is 5.60 Å². The Kier molecular flexibility index (Phi) is 4.33. The summed E-state index contributed by atoms with van der Waals surface area (Å²) in [6, 6.07) is 0. The third-order valence-electron chi connectivity index (χ3n) is 2.93. The number of methoxy groups -OCH3 is 1. The first kappa shape index (κ1) is 12.2. The van der Waals surface area contributed by atoms with E-state index >= 15 is 0 Å². The monoisotopic (exact) mass is 212 g/mol. The van der Waals surface area contributed by atoms with Crippen molar-refractivity contribution in [3.8, 4) is 0 Å². The first-order valence-electron chi connectivity index (χ1n) is 5.47. The number of hydrogen-bond acceptors (Lipinski definition) is 3. The summed E-state index contributed by atoms with van der Waals surface area (Å²) in [4.78, 5) is 11.5. The number of carbonyl (C=O) groups excluding carboxylic acids is 1. The van der Waals surface area contributed by atoms with Crippen LogP contribution in [0.3, 0.4) is 0 Å². The standard InChI is InChI=1S/C12H20O3/c1-10(2)11(13)15-12(8-9-14-3)6-4-5-7-12/h1,4-9H2,2-3H3. The average molecular weight is 212 g/mol. The van der Waals surface area contributed by atoms with Crippen molar-refractivity contribution in [1.29, 1.82) is 0 Å². The SMILES string of the molecule is C=C(C)C(=O)OC1(CCOC)CCCC1. The Morgan fingerprint density at radius 1 is 1.40 bits per heavy atom. The number of hydrogen-bond donors (Lipinski definition) is 0. The fourth-order valence-electron chi connectivity index (χ4n) is 1.99. The van der Waals surface area contributed by atoms with E-state index in [0.717, 1.165) is 32.1 Å². The van der Waals surface area contributed by atoms with E-state index in [1.165, 1.54) is 0 Å². The fourth-order valence-corrected chi connectivity index (χ4v) is 1.99. The van der Waals surface area contributed by atoms with Gasteiger partial charge in [0.05, 0.1) is 0 Å². The van der Waals surface area contributed by atoms with Crippen molar-refractivity contribution < 1.29 is 14.3 Å². The van der Waals surface area contributed by atoms with Crippen LogP contribution in [0.5, 0.6) is 0 Å². The molecule has 0 N–H and O–H groups in total. The molecule has 1 aliphatic rings. The second kappa shape index (κ2) is 5.31. The molecule has 0 atom stereocenters. The van der Waals surface area contributed by atoms with Crippen LogP contribution >= 0.6 is 0 Å². The van der Waals surface area contributed by atoms with Gasteiger partial charge in [0.2, 0.25) is 0 Å². The summed E-state index contributed by atoms with van der Waals surface area (Å²) >= 11 is 0. The highest BCUT2D eigenvalue weighted by atomic mass is 16.6. The molecule has 1 saturated carbocycles. The molecule has 3 heteroatoms. The Labute approximate surface area is 91.4 Å². The Hall–Kier alpha value is -0.830. The molecular weight excluding hydrogens is 192 g/mol. The number of ether oxygens (including phenoxy) is 2. The molecule has 0 aliphatic heterocycles. The van der Waals surface area contributed by atoms with Crippen LogP contribution in [0.15, 0.2) is 12.2 Å². The second-order valence-corrected chi connectivity index (χ2v) is 4.30. The minimum Gasteiger partial charge on any atom is -0.456 e. The average Bonchev–Trinajstić information content (AvgIpc) is 2.64. The lowest BCUT2D eigenvalue weighted by Gasteiger charge is -2.28. The molecule has 1 aliphatic carbocycles. The lowest BCUT2D eigenvalue weighted by atomic mass is 9.98. The third kappa shape index (κ3) is 3.34. The molecule has 0 aromatic rings. The van der Waals surface area contributed by atoms with Gasteiger partial charge >= 0.3 is 5.97 Å². The van der Waals surface area contributed by atoms with E-state index < -0.39 is 0 Å². The van der Waals surface area contributed by atoms with Crippen molar-refractivity contribution >= 4 is 5.97 Å². The lowest BCUT2D eigenvalue weighted by Crippen LogP contribution is -2.33. The molecule has 86 valence electrons. The van der Waals surface area contributed by atoms with Crippen LogP contribution in [0.25, 0.3) is 0 Å². The number of carbonyl (C=O) groups is 1. The normalized spacial score (nSPS) is 18.8. The summed E-state index contributed by atoms with van der Waals surface area (Å²) in [5.74, 6) is -0.270. The van der Waals surface area contributed by atoms with E-state index in [-0.39, 0.29) is 11.6 Å². The minimum atomic E-state index is -0.286. The van der Waals surface area contributed by atoms with Crippen LogP contribution in [0, 0.1) is 0 Å². The topological polar surface area (TPSA) is 35.5 Å². The molecule has 0 unspecified atom stereocenters. The van der Waals surface area contributed by atoms with E-state index in [1.54, 1.807) is 14.0 Å². The van der Waals surface area contributed by atoms with E-state index in [9.17, 15) is 4.79 Å². The van der Waals surface area contributed by atoms with Crippen molar-refractivity contribution in [3.05, 3.63) is 12.2 Å². The summed E-state index contributed by atoms with van der Waals surface area (Å²) in [6.45, 7) is 5.93. The van der Waals surface area contributed by atoms with Crippen LogP contribution in [-0.2, 0) is 14.3 Å². The third-order valence-corrected chi connectivity index (χ3v) is 2.93. The van der Waals surface area contributed by atoms with E-state index in [1.807, 2.05) is 0 Å². The van der Waals surface area contributed by atoms with Crippen LogP contribution in [0.4, 0.5) is 0 Å². The maximum Gasteiger partial charge on any atom is 0.333 e. The molecule has 15 heavy (non-hydrogen) atoms. The van der Waals surface area contributed by atoms with Crippen molar-refractivity contribution in [2.75, 3.05) is 13.7 Å². The van der Waals surface area contributed by atoms with Gasteiger partial charge in [-0.1, -0.05) is 6.58 Å². The zero-order valence-electron chi connectivity index (χ0n) is 9.67. The Morgan fingerprint density at radius 3 is 2.47 bits per heavy atom. The van der Waals surface area contributed by atoms with E-state index in [4.69, 9.17) is 9.47 Å². The van der Waals surface area contributed by atoms with Gasteiger partial charge in [0.25, 0.3) is 0 Å². The van der Waals surface area contributed by atoms with Crippen molar-refractivity contribution in [3.63, 3.8) is 0 Å². The van der Waals surface area contributed by atoms with E-state index in [0.29, 0.717) is 12.2 Å². The zero-order chi connectivity index (χ0) is 11.3. The van der Waals surface area contributed by atoms with Gasteiger partial charge < -0.3 is 9.47 Å². The molecule has 0 amide bonds. The molecule has 0 saturated heterocycles. The summed E-state index contributed by atoms with van der Waals surface area (Å²) in [5.41, 5.74) is 0.185. The Morgan fingerprint density at radius 2 is 2.00 bits per heavy atom. The minimum absolute atomic E-state index is 0.270. The van der Waals surface area contributed by atoms with Gasteiger partial charge in [-0.2, -0.15) is 0 Å². The molecule has 1 fully saturated rings. The second-order valence-electron chi connectivity index (χ2n) is 4.30. The highest BCUT2D eigenvalue weighted by Gasteiger charge is 2.37. The molecule has 0 aromatic carbocycles. The first-order chi connectivity index (χ1) is 7.09. The summed E-state index contributed by atoms with van der Waals surface area (Å²) < 4.78 is 10.6. The first-order valence-corrected chi connectivity index (χ1v) is 5.47. The highest BCUT2D eigenvalue weighted by molar-refractivity contribution is 5.87. The van der Waals surface area contributed by atoms with Crippen LogP contribution in [0.1, 0.15) is 39.0 Å². The predicted molar refractivity (Wildman–Crippen MR) is 58.6 cm³/mol.